The third kappa shape index (κ3) is 65.4. The van der Waals surface area contributed by atoms with E-state index in [9.17, 15) is 43.2 Å². The van der Waals surface area contributed by atoms with Crippen molar-refractivity contribution in [2.45, 2.75) is 382 Å². The first-order chi connectivity index (χ1) is 44.1. The third-order valence-corrected chi connectivity index (χ3v) is 19.1. The maximum atomic E-state index is 13.1. The monoisotopic (exact) mass is 1350 g/mol. The Hall–Kier alpha value is -1.94. The molecule has 0 radical (unpaired) electrons. The Morgan fingerprint density at radius 3 is 0.772 bits per heavy atom. The van der Waals surface area contributed by atoms with Crippen LogP contribution in [0.1, 0.15) is 364 Å². The number of hydrogen-bond donors (Lipinski definition) is 3. The molecule has 546 valence electrons. The molecule has 0 bridgehead atoms. The Kier molecular flexibility index (Phi) is 61.3. The van der Waals surface area contributed by atoms with Crippen molar-refractivity contribution in [3.05, 3.63) is 0 Å². The van der Waals surface area contributed by atoms with Gasteiger partial charge >= 0.3 is 39.5 Å². The Morgan fingerprint density at radius 2 is 0.522 bits per heavy atom. The fourth-order valence-corrected chi connectivity index (χ4v) is 12.6. The Morgan fingerprint density at radius 1 is 0.304 bits per heavy atom. The van der Waals surface area contributed by atoms with Gasteiger partial charge in [-0.2, -0.15) is 0 Å². The van der Waals surface area contributed by atoms with Crippen LogP contribution < -0.4 is 0 Å². The van der Waals surface area contributed by atoms with Crippen LogP contribution in [-0.2, 0) is 65.4 Å². The van der Waals surface area contributed by atoms with Gasteiger partial charge in [0, 0.05) is 25.7 Å². The fourth-order valence-electron chi connectivity index (χ4n) is 11.0. The lowest BCUT2D eigenvalue weighted by Gasteiger charge is -2.21. The van der Waals surface area contributed by atoms with Gasteiger partial charge < -0.3 is 33.8 Å². The molecular formula is C73H142O17P2. The molecule has 0 saturated carbocycles. The number of esters is 4. The number of aliphatic hydroxyl groups excluding tert-OH is 1. The Bertz CT molecular complexity index is 1820. The van der Waals surface area contributed by atoms with Gasteiger partial charge in [0.15, 0.2) is 12.2 Å². The van der Waals surface area contributed by atoms with Crippen LogP contribution in [0.5, 0.6) is 0 Å². The second kappa shape index (κ2) is 62.6. The van der Waals surface area contributed by atoms with Crippen LogP contribution in [0.2, 0.25) is 0 Å². The van der Waals surface area contributed by atoms with Crippen molar-refractivity contribution in [3.63, 3.8) is 0 Å². The molecule has 17 nitrogen and oxygen atoms in total. The summed E-state index contributed by atoms with van der Waals surface area (Å²) in [6.45, 7) is 14.1. The van der Waals surface area contributed by atoms with Gasteiger partial charge in [0.05, 0.1) is 26.4 Å². The predicted octanol–water partition coefficient (Wildman–Crippen LogP) is 20.9. The SMILES string of the molecule is CCC(C)CCCCCCCCCCCCC(=O)O[C@H](COC(=O)CCCCCCCCCCCCCCCCCC(C)C)COP(=O)(O)OCC(O)COP(=O)(O)OC[C@@H](COC(=O)CCCCCCCCCCC(C)C)OC(=O)CCCCCCCCC(C)C. The molecule has 0 amide bonds. The summed E-state index contributed by atoms with van der Waals surface area (Å²) >= 11 is 0. The van der Waals surface area contributed by atoms with Crippen LogP contribution in [0.15, 0.2) is 0 Å². The van der Waals surface area contributed by atoms with E-state index < -0.39 is 97.5 Å². The second-order valence-corrected chi connectivity index (χ2v) is 30.9. The van der Waals surface area contributed by atoms with E-state index in [0.717, 1.165) is 108 Å². The molecule has 0 fully saturated rings. The summed E-state index contributed by atoms with van der Waals surface area (Å²) < 4.78 is 68.3. The van der Waals surface area contributed by atoms with Crippen LogP contribution >= 0.6 is 15.6 Å². The Balaban J connectivity index is 5.21. The zero-order valence-electron chi connectivity index (χ0n) is 60.2. The first kappa shape index (κ1) is 90.1. The molecule has 92 heavy (non-hydrogen) atoms. The van der Waals surface area contributed by atoms with Gasteiger partial charge in [0.2, 0.25) is 0 Å². The molecule has 19 heteroatoms. The average molecular weight is 1350 g/mol. The number of phosphoric ester groups is 2. The van der Waals surface area contributed by atoms with Crippen LogP contribution in [0.3, 0.4) is 0 Å². The highest BCUT2D eigenvalue weighted by atomic mass is 31.2. The molecule has 0 spiro atoms. The summed E-state index contributed by atoms with van der Waals surface area (Å²) in [4.78, 5) is 72.6. The summed E-state index contributed by atoms with van der Waals surface area (Å²) in [5.41, 5.74) is 0. The van der Waals surface area contributed by atoms with E-state index in [1.54, 1.807) is 0 Å². The molecule has 0 aromatic carbocycles. The Labute approximate surface area is 562 Å². The summed E-state index contributed by atoms with van der Waals surface area (Å²) in [6, 6.07) is 0. The highest BCUT2D eigenvalue weighted by Gasteiger charge is 2.30. The molecular weight excluding hydrogens is 1210 g/mol. The maximum Gasteiger partial charge on any atom is 0.472 e. The van der Waals surface area contributed by atoms with E-state index in [4.69, 9.17) is 37.0 Å². The topological polar surface area (TPSA) is 237 Å². The van der Waals surface area contributed by atoms with E-state index in [1.165, 1.54) is 167 Å². The highest BCUT2D eigenvalue weighted by molar-refractivity contribution is 7.47. The lowest BCUT2D eigenvalue weighted by molar-refractivity contribution is -0.161. The number of unbranched alkanes of at least 4 members (excludes halogenated alkanes) is 35. The maximum absolute atomic E-state index is 13.1. The minimum Gasteiger partial charge on any atom is -0.462 e. The molecule has 4 unspecified atom stereocenters. The predicted molar refractivity (Wildman–Crippen MR) is 372 cm³/mol. The third-order valence-electron chi connectivity index (χ3n) is 17.2. The molecule has 6 atom stereocenters. The lowest BCUT2D eigenvalue weighted by atomic mass is 9.99. The minimum atomic E-state index is -4.96. The van der Waals surface area contributed by atoms with Crippen LogP contribution in [-0.4, -0.2) is 96.7 Å². The quantitative estimate of drug-likeness (QED) is 0.0222. The van der Waals surface area contributed by atoms with Crippen LogP contribution in [0.25, 0.3) is 0 Å². The summed E-state index contributed by atoms with van der Waals surface area (Å²) in [7, 11) is -9.91. The van der Waals surface area contributed by atoms with Crippen molar-refractivity contribution >= 4 is 39.5 Å². The van der Waals surface area contributed by atoms with Gasteiger partial charge in [0.25, 0.3) is 0 Å². The van der Waals surface area contributed by atoms with Crippen molar-refractivity contribution in [2.24, 2.45) is 23.7 Å². The van der Waals surface area contributed by atoms with Gasteiger partial charge in [-0.25, -0.2) is 9.13 Å². The first-order valence-electron chi connectivity index (χ1n) is 37.7. The van der Waals surface area contributed by atoms with Gasteiger partial charge in [-0.05, 0) is 49.4 Å². The van der Waals surface area contributed by atoms with Gasteiger partial charge in [-0.15, -0.1) is 0 Å². The smallest absolute Gasteiger partial charge is 0.462 e. The van der Waals surface area contributed by atoms with E-state index in [0.29, 0.717) is 31.6 Å². The van der Waals surface area contributed by atoms with E-state index in [-0.39, 0.29) is 25.7 Å². The molecule has 0 aromatic rings. The number of rotatable bonds is 70. The zero-order valence-corrected chi connectivity index (χ0v) is 62.0. The standard InChI is InChI=1S/C73H142O17P2/c1-9-66(8)52-44-36-27-20-17-18-22-30-39-47-55-72(77)89-68(59-83-70(75)53-45-37-28-21-16-14-12-10-11-13-15-19-25-33-41-49-63(2)3)61-87-91(79,80)85-57-67(74)58-86-92(81,82)88-62-69(90-73(78)56-48-40-32-31-35-43-51-65(6)7)60-84-71(76)54-46-38-29-24-23-26-34-42-50-64(4)5/h63-69,74H,9-62H2,1-8H3,(H,79,80)(H,81,82)/t66?,67?,68-,69-/m1/s1. The second-order valence-electron chi connectivity index (χ2n) is 28.0. The first-order valence-corrected chi connectivity index (χ1v) is 40.7. The van der Waals surface area contributed by atoms with Crippen LogP contribution in [0.4, 0.5) is 0 Å². The van der Waals surface area contributed by atoms with Crippen molar-refractivity contribution in [3.8, 4) is 0 Å². The molecule has 0 saturated heterocycles. The molecule has 0 heterocycles. The lowest BCUT2D eigenvalue weighted by Crippen LogP contribution is -2.30. The number of ether oxygens (including phenoxy) is 4. The van der Waals surface area contributed by atoms with Crippen molar-refractivity contribution in [2.75, 3.05) is 39.6 Å². The highest BCUT2D eigenvalue weighted by Crippen LogP contribution is 2.45. The summed E-state index contributed by atoms with van der Waals surface area (Å²) in [6.07, 6.45) is 46.0. The summed E-state index contributed by atoms with van der Waals surface area (Å²) in [5, 5.41) is 10.6. The van der Waals surface area contributed by atoms with E-state index in [2.05, 4.69) is 55.4 Å². The zero-order chi connectivity index (χ0) is 68.2. The number of carbonyl (C=O) groups excluding carboxylic acids is 4. The van der Waals surface area contributed by atoms with Gasteiger partial charge in [-0.3, -0.25) is 37.3 Å². The molecule has 3 N–H and O–H groups in total. The number of aliphatic hydroxyl groups is 1. The fraction of sp³-hybridized carbons (Fsp3) is 0.945. The average Bonchev–Trinajstić information content (AvgIpc) is 1.77. The van der Waals surface area contributed by atoms with Gasteiger partial charge in [0.1, 0.15) is 19.3 Å². The number of hydrogen-bond acceptors (Lipinski definition) is 15. The molecule has 0 aliphatic carbocycles. The van der Waals surface area contributed by atoms with Crippen molar-refractivity contribution in [1.82, 2.24) is 0 Å². The molecule has 0 aliphatic heterocycles. The normalized spacial score (nSPS) is 14.5. The molecule has 0 aromatic heterocycles. The van der Waals surface area contributed by atoms with Crippen molar-refractivity contribution < 1.29 is 80.2 Å². The molecule has 0 aliphatic rings. The molecule has 0 rings (SSSR count). The summed E-state index contributed by atoms with van der Waals surface area (Å²) in [5.74, 6) is 0.875. The van der Waals surface area contributed by atoms with E-state index in [1.807, 2.05) is 0 Å². The van der Waals surface area contributed by atoms with E-state index >= 15 is 0 Å². The number of phosphoric acid groups is 2. The van der Waals surface area contributed by atoms with Crippen molar-refractivity contribution in [1.29, 1.82) is 0 Å². The minimum absolute atomic E-state index is 0.101. The van der Waals surface area contributed by atoms with Gasteiger partial charge in [-0.1, -0.05) is 312 Å². The van der Waals surface area contributed by atoms with Crippen LogP contribution in [0, 0.1) is 23.7 Å². The number of carbonyl (C=O) groups is 4. The largest absolute Gasteiger partial charge is 0.472 e.